The average molecular weight is 123 g/mol. The first-order valence-corrected chi connectivity index (χ1v) is 2.65. The van der Waals surface area contributed by atoms with E-state index in [1.54, 1.807) is 18.5 Å². The number of hydrogen-bond donors (Lipinski definition) is 1. The summed E-state index contributed by atoms with van der Waals surface area (Å²) in [4.78, 5) is 3.75. The van der Waals surface area contributed by atoms with Crippen LogP contribution in [0.5, 0.6) is 0 Å². The van der Waals surface area contributed by atoms with Gasteiger partial charge in [-0.25, -0.2) is 0 Å². The van der Waals surface area contributed by atoms with Gasteiger partial charge in [0.2, 0.25) is 0 Å². The van der Waals surface area contributed by atoms with Crippen LogP contribution in [0.25, 0.3) is 0 Å². The molecular weight excluding hydrogens is 114 g/mol. The van der Waals surface area contributed by atoms with Crippen molar-refractivity contribution < 1.29 is 0 Å². The molecule has 9 heavy (non-hydrogen) atoms. The summed E-state index contributed by atoms with van der Waals surface area (Å²) >= 11 is 0. The molecule has 0 heterocycles. The highest BCUT2D eigenvalue weighted by Gasteiger charge is 1.66. The van der Waals surface area contributed by atoms with Crippen LogP contribution >= 0.6 is 0 Å². The van der Waals surface area contributed by atoms with Gasteiger partial charge in [-0.1, -0.05) is 6.08 Å². The quantitative estimate of drug-likeness (QED) is 0.553. The van der Waals surface area contributed by atoms with Crippen LogP contribution < -0.4 is 5.73 Å². The maximum atomic E-state index is 8.04. The highest BCUT2D eigenvalue weighted by atomic mass is 14.7. The Morgan fingerprint density at radius 2 is 2.44 bits per heavy atom. The number of rotatable bonds is 3. The molecule has 0 aromatic rings. The molecule has 0 atom stereocenters. The lowest BCUT2D eigenvalue weighted by Crippen LogP contribution is -1.97. The Bertz CT molecular complexity index is 141. The zero-order valence-electron chi connectivity index (χ0n) is 5.12. The molecule has 0 amide bonds. The Hall–Kier alpha value is -1.14. The molecule has 0 radical (unpaired) electrons. The van der Waals surface area contributed by atoms with Crippen LogP contribution in [0.4, 0.5) is 0 Å². The Morgan fingerprint density at radius 1 is 1.67 bits per heavy atom. The monoisotopic (exact) mass is 123 g/mol. The highest BCUT2D eigenvalue weighted by molar-refractivity contribution is 5.59. The van der Waals surface area contributed by atoms with E-state index in [2.05, 4.69) is 4.99 Å². The van der Waals surface area contributed by atoms with Crippen molar-refractivity contribution in [2.75, 3.05) is 6.54 Å². The van der Waals surface area contributed by atoms with E-state index in [1.165, 1.54) is 0 Å². The molecule has 0 aliphatic heterocycles. The number of allylic oxidation sites excluding steroid dienone is 1. The van der Waals surface area contributed by atoms with Crippen molar-refractivity contribution >= 4 is 6.21 Å². The lowest BCUT2D eigenvalue weighted by atomic mass is 10.5. The Morgan fingerprint density at radius 3 is 3.00 bits per heavy atom. The average Bonchev–Trinajstić information content (AvgIpc) is 1.89. The van der Waals surface area contributed by atoms with Gasteiger partial charge < -0.3 is 5.73 Å². The molecular formula is C6H9N3. The van der Waals surface area contributed by atoms with Crippen molar-refractivity contribution in [3.8, 4) is 6.07 Å². The van der Waals surface area contributed by atoms with Crippen molar-refractivity contribution in [1.82, 2.24) is 0 Å². The van der Waals surface area contributed by atoms with Gasteiger partial charge in [0.1, 0.15) is 0 Å². The van der Waals surface area contributed by atoms with E-state index < -0.39 is 0 Å². The third-order valence-corrected chi connectivity index (χ3v) is 0.611. The Kier molecular flexibility index (Phi) is 5.99. The minimum atomic E-state index is 0.405. The van der Waals surface area contributed by atoms with E-state index in [0.29, 0.717) is 13.0 Å². The summed E-state index contributed by atoms with van der Waals surface area (Å²) in [5.41, 5.74) is 5.10. The summed E-state index contributed by atoms with van der Waals surface area (Å²) in [5, 5.41) is 8.04. The molecule has 0 fully saturated rings. The summed E-state index contributed by atoms with van der Waals surface area (Å²) < 4.78 is 0. The van der Waals surface area contributed by atoms with Crippen LogP contribution in [-0.4, -0.2) is 12.8 Å². The largest absolute Gasteiger partial charge is 0.326 e. The maximum Gasteiger partial charge on any atom is 0.0663 e. The summed E-state index contributed by atoms with van der Waals surface area (Å²) in [6.45, 7) is 0.441. The summed E-state index contributed by atoms with van der Waals surface area (Å²) in [6.07, 6.45) is 5.22. The van der Waals surface area contributed by atoms with E-state index in [-0.39, 0.29) is 0 Å². The number of nitriles is 1. The first kappa shape index (κ1) is 7.86. The third-order valence-electron chi connectivity index (χ3n) is 0.611. The third kappa shape index (κ3) is 6.86. The topological polar surface area (TPSA) is 62.2 Å². The van der Waals surface area contributed by atoms with Crippen molar-refractivity contribution in [3.63, 3.8) is 0 Å². The first-order chi connectivity index (χ1) is 4.41. The van der Waals surface area contributed by atoms with E-state index in [0.717, 1.165) is 0 Å². The van der Waals surface area contributed by atoms with E-state index in [9.17, 15) is 0 Å². The fourth-order valence-corrected chi connectivity index (χ4v) is 0.288. The molecule has 3 nitrogen and oxygen atoms in total. The molecule has 0 saturated carbocycles. The standard InChI is InChI=1S/C6H9N3/c7-3-1-2-5-9-6-4-8/h2,5-6H,1,4,8H2/b5-2+,9-6?. The van der Waals surface area contributed by atoms with E-state index in [4.69, 9.17) is 11.0 Å². The van der Waals surface area contributed by atoms with Crippen LogP contribution in [-0.2, 0) is 0 Å². The van der Waals surface area contributed by atoms with Gasteiger partial charge in [0.25, 0.3) is 0 Å². The molecule has 0 spiro atoms. The first-order valence-electron chi connectivity index (χ1n) is 2.65. The van der Waals surface area contributed by atoms with Crippen molar-refractivity contribution in [2.45, 2.75) is 6.42 Å². The molecule has 0 rings (SSSR count). The smallest absolute Gasteiger partial charge is 0.0663 e. The second-order valence-electron chi connectivity index (χ2n) is 1.31. The van der Waals surface area contributed by atoms with Crippen molar-refractivity contribution in [2.24, 2.45) is 10.7 Å². The molecule has 0 aliphatic carbocycles. The van der Waals surface area contributed by atoms with Crippen LogP contribution in [0.15, 0.2) is 17.3 Å². The second-order valence-corrected chi connectivity index (χ2v) is 1.31. The zero-order valence-corrected chi connectivity index (χ0v) is 5.12. The van der Waals surface area contributed by atoms with Crippen LogP contribution in [0.2, 0.25) is 0 Å². The Labute approximate surface area is 54.5 Å². The molecule has 0 bridgehead atoms. The number of hydrogen-bond acceptors (Lipinski definition) is 3. The predicted octanol–water partition coefficient (Wildman–Crippen LogP) is 0.443. The summed E-state index contributed by atoms with van der Waals surface area (Å²) in [6, 6.07) is 1.95. The molecule has 48 valence electrons. The summed E-state index contributed by atoms with van der Waals surface area (Å²) in [7, 11) is 0. The van der Waals surface area contributed by atoms with Gasteiger partial charge in [0, 0.05) is 19.0 Å². The van der Waals surface area contributed by atoms with Gasteiger partial charge in [-0.15, -0.1) is 0 Å². The molecule has 2 N–H and O–H groups in total. The Balaban J connectivity index is 3.26. The molecule has 0 aliphatic rings. The number of nitrogens with zero attached hydrogens (tertiary/aromatic N) is 2. The summed E-state index contributed by atoms with van der Waals surface area (Å²) in [5.74, 6) is 0. The minimum absolute atomic E-state index is 0.405. The predicted molar refractivity (Wildman–Crippen MR) is 36.9 cm³/mol. The lowest BCUT2D eigenvalue weighted by Gasteiger charge is -1.74. The van der Waals surface area contributed by atoms with Crippen LogP contribution in [0.1, 0.15) is 6.42 Å². The van der Waals surface area contributed by atoms with Gasteiger partial charge in [-0.05, 0) is 0 Å². The fourth-order valence-electron chi connectivity index (χ4n) is 0.288. The molecule has 0 aromatic carbocycles. The van der Waals surface area contributed by atoms with E-state index in [1.807, 2.05) is 6.07 Å². The lowest BCUT2D eigenvalue weighted by molar-refractivity contribution is 1.31. The van der Waals surface area contributed by atoms with Crippen LogP contribution in [0.3, 0.4) is 0 Å². The van der Waals surface area contributed by atoms with Gasteiger partial charge in [-0.2, -0.15) is 5.26 Å². The number of aliphatic imine (C=N–C) groups is 1. The van der Waals surface area contributed by atoms with Crippen molar-refractivity contribution in [3.05, 3.63) is 12.3 Å². The highest BCUT2D eigenvalue weighted by Crippen LogP contribution is 1.78. The van der Waals surface area contributed by atoms with Gasteiger partial charge in [0.05, 0.1) is 12.5 Å². The fraction of sp³-hybridized carbons (Fsp3) is 0.333. The van der Waals surface area contributed by atoms with Crippen LogP contribution in [0, 0.1) is 11.3 Å². The van der Waals surface area contributed by atoms with Crippen molar-refractivity contribution in [1.29, 1.82) is 5.26 Å². The molecule has 0 saturated heterocycles. The second kappa shape index (κ2) is 6.86. The SMILES string of the molecule is N#CC/C=C/N=CCN. The van der Waals surface area contributed by atoms with E-state index >= 15 is 0 Å². The molecule has 3 heteroatoms. The normalized spacial score (nSPS) is 10.7. The zero-order chi connectivity index (χ0) is 6.95. The molecule has 0 aromatic heterocycles. The maximum absolute atomic E-state index is 8.04. The van der Waals surface area contributed by atoms with Gasteiger partial charge in [-0.3, -0.25) is 4.99 Å². The molecule has 0 unspecified atom stereocenters. The van der Waals surface area contributed by atoms with Gasteiger partial charge >= 0.3 is 0 Å². The van der Waals surface area contributed by atoms with Gasteiger partial charge in [0.15, 0.2) is 0 Å². The number of nitrogens with two attached hydrogens (primary N) is 1. The minimum Gasteiger partial charge on any atom is -0.326 e.